The van der Waals surface area contributed by atoms with Crippen LogP contribution in [0.1, 0.15) is 58.1 Å². The number of hydrogen-bond acceptors (Lipinski definition) is 6. The third-order valence-corrected chi connectivity index (χ3v) is 6.67. The lowest BCUT2D eigenvalue weighted by Crippen LogP contribution is -2.61. The Morgan fingerprint density at radius 1 is 1.36 bits per heavy atom. The molecule has 2 aliphatic rings. The third kappa shape index (κ3) is 6.23. The number of alkyl carbamates (subject to hydrolysis) is 1. The van der Waals surface area contributed by atoms with E-state index in [1.807, 2.05) is 23.1 Å². The second-order valence-electron chi connectivity index (χ2n) is 8.76. The number of nitriles is 1. The molecular formula is C24H33N5O4. The quantitative estimate of drug-likeness (QED) is 0.591. The van der Waals surface area contributed by atoms with Crippen LogP contribution in [0.15, 0.2) is 35.3 Å². The van der Waals surface area contributed by atoms with Crippen molar-refractivity contribution in [2.24, 2.45) is 10.4 Å². The number of nitrogens with one attached hydrogen (secondary N) is 2. The predicted molar refractivity (Wildman–Crippen MR) is 123 cm³/mol. The van der Waals surface area contributed by atoms with Gasteiger partial charge in [-0.2, -0.15) is 5.26 Å². The van der Waals surface area contributed by atoms with Crippen molar-refractivity contribution in [1.82, 2.24) is 15.5 Å². The number of carbonyl (C=O) groups excluding carboxylic acids is 2. The number of morpholine rings is 1. The molecule has 33 heavy (non-hydrogen) atoms. The van der Waals surface area contributed by atoms with Gasteiger partial charge < -0.3 is 19.7 Å². The first kappa shape index (κ1) is 24.5. The summed E-state index contributed by atoms with van der Waals surface area (Å²) >= 11 is 0. The zero-order valence-corrected chi connectivity index (χ0v) is 19.5. The molecule has 0 saturated carbocycles. The second kappa shape index (κ2) is 11.1. The van der Waals surface area contributed by atoms with E-state index >= 15 is 0 Å². The highest BCUT2D eigenvalue weighted by molar-refractivity contribution is 5.97. The zero-order valence-electron chi connectivity index (χ0n) is 19.5. The molecule has 0 aromatic heterocycles. The van der Waals surface area contributed by atoms with Crippen LogP contribution >= 0.6 is 0 Å². The summed E-state index contributed by atoms with van der Waals surface area (Å²) in [4.78, 5) is 31.9. The van der Waals surface area contributed by atoms with E-state index in [1.54, 1.807) is 12.1 Å². The van der Waals surface area contributed by atoms with Crippen LogP contribution in [0.3, 0.4) is 0 Å². The molecule has 0 radical (unpaired) electrons. The molecule has 3 atom stereocenters. The van der Waals surface area contributed by atoms with Crippen molar-refractivity contribution in [3.8, 4) is 6.07 Å². The SMILES string of the molecule is CCC(C)(CC)CCC(N=C1NC(=O)OC2COCCN12)C(=O)NC(C#N)c1ccccc1. The van der Waals surface area contributed by atoms with Gasteiger partial charge in [0, 0.05) is 6.54 Å². The number of carbonyl (C=O) groups is 2. The van der Waals surface area contributed by atoms with Crippen LogP contribution in [-0.4, -0.2) is 54.9 Å². The minimum Gasteiger partial charge on any atom is -0.422 e. The number of rotatable bonds is 9. The fraction of sp³-hybridized carbons (Fsp3) is 0.583. The first-order chi connectivity index (χ1) is 15.9. The standard InChI is InChI=1S/C24H33N5O4/c1-4-24(3,5-2)12-11-18(21(30)26-19(15-25)17-9-7-6-8-10-17)27-22-28-23(31)33-20-16-32-14-13-29(20)22/h6-10,18-20H,4-5,11-14,16H2,1-3H3,(H,26,30)(H,27,28,31). The lowest BCUT2D eigenvalue weighted by atomic mass is 9.79. The van der Waals surface area contributed by atoms with Gasteiger partial charge in [-0.25, -0.2) is 9.79 Å². The molecule has 0 bridgehead atoms. The topological polar surface area (TPSA) is 116 Å². The van der Waals surface area contributed by atoms with Crippen LogP contribution in [-0.2, 0) is 14.3 Å². The van der Waals surface area contributed by atoms with Crippen molar-refractivity contribution >= 4 is 18.0 Å². The van der Waals surface area contributed by atoms with E-state index < -0.39 is 24.4 Å². The normalized spacial score (nSPS) is 21.3. The van der Waals surface area contributed by atoms with Crippen molar-refractivity contribution in [3.63, 3.8) is 0 Å². The van der Waals surface area contributed by atoms with E-state index in [1.165, 1.54) is 0 Å². The maximum absolute atomic E-state index is 13.3. The fourth-order valence-corrected chi connectivity index (χ4v) is 3.91. The van der Waals surface area contributed by atoms with Crippen molar-refractivity contribution in [2.45, 2.75) is 64.8 Å². The summed E-state index contributed by atoms with van der Waals surface area (Å²) in [5, 5.41) is 15.1. The first-order valence-electron chi connectivity index (χ1n) is 11.5. The Labute approximate surface area is 195 Å². The second-order valence-corrected chi connectivity index (χ2v) is 8.76. The molecule has 2 N–H and O–H groups in total. The van der Waals surface area contributed by atoms with Gasteiger partial charge in [-0.1, -0.05) is 63.9 Å². The van der Waals surface area contributed by atoms with Crippen LogP contribution in [0.25, 0.3) is 0 Å². The van der Waals surface area contributed by atoms with Crippen LogP contribution in [0, 0.1) is 16.7 Å². The summed E-state index contributed by atoms with van der Waals surface area (Å²) in [7, 11) is 0. The van der Waals surface area contributed by atoms with Crippen molar-refractivity contribution in [3.05, 3.63) is 35.9 Å². The van der Waals surface area contributed by atoms with E-state index in [2.05, 4.69) is 42.5 Å². The van der Waals surface area contributed by atoms with Gasteiger partial charge in [-0.3, -0.25) is 10.1 Å². The van der Waals surface area contributed by atoms with Crippen LogP contribution in [0.2, 0.25) is 0 Å². The smallest absolute Gasteiger partial charge is 0.415 e. The van der Waals surface area contributed by atoms with E-state index in [0.29, 0.717) is 31.1 Å². The largest absolute Gasteiger partial charge is 0.422 e. The molecule has 0 spiro atoms. The zero-order chi connectivity index (χ0) is 23.8. The van der Waals surface area contributed by atoms with Crippen molar-refractivity contribution < 1.29 is 19.1 Å². The monoisotopic (exact) mass is 455 g/mol. The van der Waals surface area contributed by atoms with Gasteiger partial charge in [-0.05, 0) is 23.8 Å². The van der Waals surface area contributed by atoms with Crippen molar-refractivity contribution in [2.75, 3.05) is 19.8 Å². The number of amides is 2. The van der Waals surface area contributed by atoms with Gasteiger partial charge in [0.15, 0.2) is 0 Å². The number of fused-ring (bicyclic) bond motifs is 1. The van der Waals surface area contributed by atoms with Gasteiger partial charge >= 0.3 is 6.09 Å². The molecule has 1 aromatic rings. The van der Waals surface area contributed by atoms with Gasteiger partial charge in [0.2, 0.25) is 18.1 Å². The summed E-state index contributed by atoms with van der Waals surface area (Å²) in [5.41, 5.74) is 0.784. The van der Waals surface area contributed by atoms with Crippen LogP contribution in [0.5, 0.6) is 0 Å². The van der Waals surface area contributed by atoms with Crippen LogP contribution < -0.4 is 10.6 Å². The average Bonchev–Trinajstić information content (AvgIpc) is 2.85. The molecule has 2 amide bonds. The van der Waals surface area contributed by atoms with Crippen LogP contribution in [0.4, 0.5) is 4.79 Å². The van der Waals surface area contributed by atoms with E-state index in [4.69, 9.17) is 9.47 Å². The third-order valence-electron chi connectivity index (χ3n) is 6.67. The molecule has 3 rings (SSSR count). The fourth-order valence-electron chi connectivity index (χ4n) is 3.91. The minimum absolute atomic E-state index is 0.0766. The molecule has 2 saturated heterocycles. The molecule has 9 nitrogen and oxygen atoms in total. The predicted octanol–water partition coefficient (Wildman–Crippen LogP) is 3.10. The molecule has 178 valence electrons. The summed E-state index contributed by atoms with van der Waals surface area (Å²) in [5.74, 6) is -0.0411. The summed E-state index contributed by atoms with van der Waals surface area (Å²) < 4.78 is 10.7. The number of benzene rings is 1. The van der Waals surface area contributed by atoms with Crippen molar-refractivity contribution in [1.29, 1.82) is 5.26 Å². The molecule has 2 heterocycles. The minimum atomic E-state index is -0.787. The maximum atomic E-state index is 13.3. The van der Waals surface area contributed by atoms with Gasteiger partial charge in [0.25, 0.3) is 0 Å². The highest BCUT2D eigenvalue weighted by Crippen LogP contribution is 2.32. The summed E-state index contributed by atoms with van der Waals surface area (Å²) in [6, 6.07) is 9.72. The Balaban J connectivity index is 1.85. The lowest BCUT2D eigenvalue weighted by Gasteiger charge is -2.40. The number of hydrogen-bond donors (Lipinski definition) is 2. The Kier molecular flexibility index (Phi) is 8.28. The highest BCUT2D eigenvalue weighted by Gasteiger charge is 2.36. The Hall–Kier alpha value is -3.12. The number of ether oxygens (including phenoxy) is 2. The summed E-state index contributed by atoms with van der Waals surface area (Å²) in [6.07, 6.45) is 2.05. The highest BCUT2D eigenvalue weighted by atomic mass is 16.6. The van der Waals surface area contributed by atoms with E-state index in [0.717, 1.165) is 19.3 Å². The Bertz CT molecular complexity index is 894. The Morgan fingerprint density at radius 3 is 2.76 bits per heavy atom. The first-order valence-corrected chi connectivity index (χ1v) is 11.5. The van der Waals surface area contributed by atoms with E-state index in [-0.39, 0.29) is 17.9 Å². The number of aliphatic imine (C=N–C) groups is 1. The lowest BCUT2D eigenvalue weighted by molar-refractivity contribution is -0.123. The molecule has 1 aromatic carbocycles. The molecule has 2 fully saturated rings. The maximum Gasteiger partial charge on any atom is 0.415 e. The van der Waals surface area contributed by atoms with Gasteiger partial charge in [-0.15, -0.1) is 0 Å². The van der Waals surface area contributed by atoms with E-state index in [9.17, 15) is 14.9 Å². The summed E-state index contributed by atoms with van der Waals surface area (Å²) in [6.45, 7) is 7.69. The molecule has 3 unspecified atom stereocenters. The number of guanidine groups is 1. The molecular weight excluding hydrogens is 422 g/mol. The number of nitrogens with zero attached hydrogens (tertiary/aromatic N) is 3. The molecule has 0 aliphatic carbocycles. The van der Waals surface area contributed by atoms with Gasteiger partial charge in [0.05, 0.1) is 12.7 Å². The van der Waals surface area contributed by atoms with Gasteiger partial charge in [0.1, 0.15) is 18.7 Å². The molecule has 9 heteroatoms. The Morgan fingerprint density at radius 2 is 2.09 bits per heavy atom. The molecule has 2 aliphatic heterocycles. The average molecular weight is 456 g/mol.